The Morgan fingerprint density at radius 3 is 2.68 bits per heavy atom. The van der Waals surface area contributed by atoms with E-state index in [1.54, 1.807) is 28.9 Å². The van der Waals surface area contributed by atoms with E-state index in [9.17, 15) is 9.59 Å². The summed E-state index contributed by atoms with van der Waals surface area (Å²) in [5.74, 6) is 0.502. The van der Waals surface area contributed by atoms with Crippen LogP contribution in [0.4, 0.5) is 5.82 Å². The van der Waals surface area contributed by atoms with Crippen molar-refractivity contribution in [2.75, 3.05) is 11.9 Å². The number of benzene rings is 2. The van der Waals surface area contributed by atoms with Gasteiger partial charge in [0, 0.05) is 17.5 Å². The van der Waals surface area contributed by atoms with Crippen LogP contribution in [-0.4, -0.2) is 28.1 Å². The number of nitrogens with one attached hydrogen (secondary N) is 1. The van der Waals surface area contributed by atoms with E-state index in [0.717, 1.165) is 35.5 Å². The summed E-state index contributed by atoms with van der Waals surface area (Å²) < 4.78 is 7.35. The lowest BCUT2D eigenvalue weighted by molar-refractivity contribution is -0.116. The topological polar surface area (TPSA) is 73.2 Å². The molecule has 1 amide bonds. The minimum atomic E-state index is -0.561. The molecule has 6 nitrogen and oxygen atoms in total. The third-order valence-corrected chi connectivity index (χ3v) is 5.59. The standard InChI is InChI=1S/C25H27N3O3/c1-4-13-31-20-11-9-18(10-12-20)24(30)21-15-22(29)26-25-23(21)16(3)27-28(25)19-8-6-7-17(5-2)14-19/h6-12,14,21H,4-5,13,15H2,1-3H3,(H,26,29). The summed E-state index contributed by atoms with van der Waals surface area (Å²) in [5, 5.41) is 7.62. The quantitative estimate of drug-likeness (QED) is 0.558. The molecule has 0 spiro atoms. The average molecular weight is 418 g/mol. The van der Waals surface area contributed by atoms with Gasteiger partial charge in [0.25, 0.3) is 0 Å². The molecule has 0 fully saturated rings. The van der Waals surface area contributed by atoms with Crippen molar-refractivity contribution >= 4 is 17.5 Å². The number of hydrogen-bond acceptors (Lipinski definition) is 4. The number of ether oxygens (including phenoxy) is 1. The number of Topliss-reactive ketones (excluding diaryl/α,β-unsaturated/α-hetero) is 1. The van der Waals surface area contributed by atoms with E-state index >= 15 is 0 Å². The number of amides is 1. The molecule has 4 rings (SSSR count). The fourth-order valence-electron chi connectivity index (χ4n) is 4.00. The second-order valence-corrected chi connectivity index (χ2v) is 7.82. The molecule has 1 aromatic heterocycles. The number of anilines is 1. The van der Waals surface area contributed by atoms with Crippen LogP contribution in [0.25, 0.3) is 5.69 Å². The van der Waals surface area contributed by atoms with Crippen LogP contribution >= 0.6 is 0 Å². The second kappa shape index (κ2) is 8.76. The number of nitrogens with zero attached hydrogens (tertiary/aromatic N) is 2. The fourth-order valence-corrected chi connectivity index (χ4v) is 4.00. The van der Waals surface area contributed by atoms with Crippen LogP contribution in [-0.2, 0) is 11.2 Å². The maximum absolute atomic E-state index is 13.4. The molecule has 1 atom stereocenters. The summed E-state index contributed by atoms with van der Waals surface area (Å²) in [5.41, 5.74) is 4.15. The number of carbonyl (C=O) groups excluding carboxylic acids is 2. The van der Waals surface area contributed by atoms with E-state index < -0.39 is 5.92 Å². The molecule has 1 N–H and O–H groups in total. The van der Waals surface area contributed by atoms with Crippen molar-refractivity contribution in [2.24, 2.45) is 0 Å². The Labute approximate surface area is 182 Å². The molecule has 0 bridgehead atoms. The van der Waals surface area contributed by atoms with Crippen molar-refractivity contribution in [1.29, 1.82) is 0 Å². The minimum absolute atomic E-state index is 0.0805. The van der Waals surface area contributed by atoms with Crippen LogP contribution in [0, 0.1) is 6.92 Å². The summed E-state index contributed by atoms with van der Waals surface area (Å²) in [6.45, 7) is 6.66. The zero-order valence-corrected chi connectivity index (χ0v) is 18.1. The Kier molecular flexibility index (Phi) is 5.89. The highest BCUT2D eigenvalue weighted by Crippen LogP contribution is 2.38. The molecule has 1 aliphatic rings. The number of aryl methyl sites for hydroxylation is 2. The Hall–Kier alpha value is -3.41. The van der Waals surface area contributed by atoms with Crippen molar-refractivity contribution < 1.29 is 14.3 Å². The Morgan fingerprint density at radius 1 is 1.19 bits per heavy atom. The van der Waals surface area contributed by atoms with Crippen molar-refractivity contribution in [2.45, 2.75) is 46.0 Å². The molecule has 3 aromatic rings. The first-order valence-electron chi connectivity index (χ1n) is 10.8. The van der Waals surface area contributed by atoms with Gasteiger partial charge in [-0.1, -0.05) is 26.0 Å². The van der Waals surface area contributed by atoms with Crippen LogP contribution in [0.3, 0.4) is 0 Å². The number of rotatable bonds is 7. The van der Waals surface area contributed by atoms with Crippen molar-refractivity contribution in [3.05, 3.63) is 70.9 Å². The molecular weight excluding hydrogens is 390 g/mol. The molecule has 160 valence electrons. The van der Waals surface area contributed by atoms with Gasteiger partial charge >= 0.3 is 0 Å². The van der Waals surface area contributed by atoms with Gasteiger partial charge in [0.1, 0.15) is 11.6 Å². The third-order valence-electron chi connectivity index (χ3n) is 5.59. The van der Waals surface area contributed by atoms with Crippen molar-refractivity contribution in [1.82, 2.24) is 9.78 Å². The summed E-state index contributed by atoms with van der Waals surface area (Å²) >= 11 is 0. The van der Waals surface area contributed by atoms with E-state index in [4.69, 9.17) is 4.74 Å². The van der Waals surface area contributed by atoms with Gasteiger partial charge in [-0.15, -0.1) is 0 Å². The summed E-state index contributed by atoms with van der Waals surface area (Å²) in [6, 6.07) is 15.2. The van der Waals surface area contributed by atoms with Crippen LogP contribution in [0.15, 0.2) is 48.5 Å². The maximum atomic E-state index is 13.4. The first-order chi connectivity index (χ1) is 15.0. The lowest BCUT2D eigenvalue weighted by Gasteiger charge is -2.23. The van der Waals surface area contributed by atoms with Gasteiger partial charge in [0.2, 0.25) is 5.91 Å². The second-order valence-electron chi connectivity index (χ2n) is 7.82. The van der Waals surface area contributed by atoms with E-state index in [2.05, 4.69) is 29.5 Å². The van der Waals surface area contributed by atoms with Crippen molar-refractivity contribution in [3.8, 4) is 11.4 Å². The highest BCUT2D eigenvalue weighted by atomic mass is 16.5. The predicted octanol–water partition coefficient (Wildman–Crippen LogP) is 4.84. The van der Waals surface area contributed by atoms with Gasteiger partial charge in [-0.25, -0.2) is 4.68 Å². The summed E-state index contributed by atoms with van der Waals surface area (Å²) in [6.07, 6.45) is 1.94. The van der Waals surface area contributed by atoms with E-state index in [1.165, 1.54) is 5.56 Å². The van der Waals surface area contributed by atoms with Crippen molar-refractivity contribution in [3.63, 3.8) is 0 Å². The number of carbonyl (C=O) groups is 2. The summed E-state index contributed by atoms with van der Waals surface area (Å²) in [4.78, 5) is 25.9. The van der Waals surface area contributed by atoms with Gasteiger partial charge < -0.3 is 10.1 Å². The molecule has 1 aliphatic heterocycles. The van der Waals surface area contributed by atoms with E-state index in [1.807, 2.05) is 26.0 Å². The monoisotopic (exact) mass is 417 g/mol. The van der Waals surface area contributed by atoms with Gasteiger partial charge in [-0.2, -0.15) is 5.10 Å². The Morgan fingerprint density at radius 2 is 1.97 bits per heavy atom. The van der Waals surface area contributed by atoms with Crippen LogP contribution in [0.1, 0.15) is 59.8 Å². The Bertz CT molecular complexity index is 1120. The smallest absolute Gasteiger partial charge is 0.226 e. The zero-order valence-electron chi connectivity index (χ0n) is 18.1. The largest absolute Gasteiger partial charge is 0.494 e. The normalized spacial score (nSPS) is 15.3. The molecule has 31 heavy (non-hydrogen) atoms. The SMILES string of the molecule is CCCOc1ccc(C(=O)C2CC(=O)Nc3c2c(C)nn3-c2cccc(CC)c2)cc1. The van der Waals surface area contributed by atoms with E-state index in [-0.39, 0.29) is 18.1 Å². The number of fused-ring (bicyclic) bond motifs is 1. The highest BCUT2D eigenvalue weighted by molar-refractivity contribution is 6.08. The molecule has 2 aromatic carbocycles. The zero-order chi connectivity index (χ0) is 22.0. The lowest BCUT2D eigenvalue weighted by Crippen LogP contribution is -2.28. The lowest BCUT2D eigenvalue weighted by atomic mass is 9.85. The molecular formula is C25H27N3O3. The van der Waals surface area contributed by atoms with E-state index in [0.29, 0.717) is 18.0 Å². The van der Waals surface area contributed by atoms with Gasteiger partial charge in [0.15, 0.2) is 5.78 Å². The summed E-state index contributed by atoms with van der Waals surface area (Å²) in [7, 11) is 0. The predicted molar refractivity (Wildman–Crippen MR) is 120 cm³/mol. The first kappa shape index (κ1) is 20.8. The number of aromatic nitrogens is 2. The van der Waals surface area contributed by atoms with Gasteiger partial charge in [-0.3, -0.25) is 9.59 Å². The maximum Gasteiger partial charge on any atom is 0.226 e. The molecule has 0 aliphatic carbocycles. The molecule has 0 saturated carbocycles. The van der Waals surface area contributed by atoms with Crippen LogP contribution in [0.2, 0.25) is 0 Å². The number of hydrogen-bond donors (Lipinski definition) is 1. The molecule has 0 saturated heterocycles. The average Bonchev–Trinajstić information content (AvgIpc) is 3.13. The molecule has 0 radical (unpaired) electrons. The van der Waals surface area contributed by atoms with Crippen LogP contribution in [0.5, 0.6) is 5.75 Å². The first-order valence-corrected chi connectivity index (χ1v) is 10.8. The molecule has 1 unspecified atom stereocenters. The molecule has 6 heteroatoms. The fraction of sp³-hybridized carbons (Fsp3) is 0.320. The third kappa shape index (κ3) is 4.10. The minimum Gasteiger partial charge on any atom is -0.494 e. The highest BCUT2D eigenvalue weighted by Gasteiger charge is 2.36. The van der Waals surface area contributed by atoms with Gasteiger partial charge in [-0.05, 0) is 61.7 Å². The molecule has 2 heterocycles. The Balaban J connectivity index is 1.70. The van der Waals surface area contributed by atoms with Gasteiger partial charge in [0.05, 0.1) is 23.9 Å². The van der Waals surface area contributed by atoms with Crippen LogP contribution < -0.4 is 10.1 Å². The number of ketones is 1.